The Balaban J connectivity index is 1.17. The summed E-state index contributed by atoms with van der Waals surface area (Å²) in [5.41, 5.74) is 8.45. The lowest BCUT2D eigenvalue weighted by atomic mass is 9.98. The number of nitrogen functional groups attached to an aromatic ring is 1. The number of hydrogen-bond acceptors (Lipinski definition) is 17. The molecule has 1 aliphatic heterocycles. The topological polar surface area (TPSA) is 347 Å². The van der Waals surface area contributed by atoms with Crippen molar-refractivity contribution in [1.82, 2.24) is 29.7 Å². The largest absolute Gasteiger partial charge is 0.494 e. The van der Waals surface area contributed by atoms with E-state index in [0.717, 1.165) is 37.9 Å². The SMILES string of the molecule is Cc1oc(-c2cc(CN3CCN(Cc4cc(-c5oc(C)c(C(=O)O)c5C)cc(C(=O)O)n4)CC(CCCCCCOc4ccc(N)cc4)CN(Cc4cc(-c5oc(C)c(C(=O)O)c5C)cc(C(=O)O)n4)CC3)nc(C(=O)O)c2)c(C)c1C(=O)O. The van der Waals surface area contributed by atoms with Gasteiger partial charge >= 0.3 is 35.8 Å². The summed E-state index contributed by atoms with van der Waals surface area (Å²) in [6, 6.07) is 16.2. The van der Waals surface area contributed by atoms with E-state index in [0.29, 0.717) is 102 Å². The number of ether oxygens (including phenoxy) is 1. The zero-order valence-electron chi connectivity index (χ0n) is 47.5. The summed E-state index contributed by atoms with van der Waals surface area (Å²) in [5, 5.41) is 61.0. The smallest absolute Gasteiger partial charge is 0.354 e. The predicted molar refractivity (Wildman–Crippen MR) is 305 cm³/mol. The number of pyridine rings is 3. The van der Waals surface area contributed by atoms with Crippen LogP contribution in [0.15, 0.2) is 73.9 Å². The second-order valence-electron chi connectivity index (χ2n) is 21.2. The number of carboxylic acids is 6. The number of carboxylic acid groups (broad SMARTS) is 6. The number of anilines is 1. The van der Waals surface area contributed by atoms with E-state index < -0.39 is 35.8 Å². The Morgan fingerprint density at radius 1 is 0.488 bits per heavy atom. The quantitative estimate of drug-likeness (QED) is 0.0231. The number of hydrogen-bond donors (Lipinski definition) is 7. The molecule has 0 aliphatic carbocycles. The Hall–Kier alpha value is -9.19. The highest BCUT2D eigenvalue weighted by atomic mass is 16.5. The second-order valence-corrected chi connectivity index (χ2v) is 21.2. The third-order valence-corrected chi connectivity index (χ3v) is 15.0. The molecule has 23 nitrogen and oxygen atoms in total. The van der Waals surface area contributed by atoms with E-state index in [4.69, 9.17) is 23.7 Å². The number of aromatic nitrogens is 3. The van der Waals surface area contributed by atoms with E-state index in [9.17, 15) is 59.4 Å². The van der Waals surface area contributed by atoms with Gasteiger partial charge in [0.05, 0.1) is 23.7 Å². The van der Waals surface area contributed by atoms with Gasteiger partial charge in [-0.2, -0.15) is 0 Å². The Morgan fingerprint density at radius 3 is 1.18 bits per heavy atom. The van der Waals surface area contributed by atoms with Gasteiger partial charge in [-0.3, -0.25) is 14.7 Å². The molecule has 0 saturated carbocycles. The molecule has 442 valence electrons. The minimum atomic E-state index is -1.32. The zero-order chi connectivity index (χ0) is 60.7. The lowest BCUT2D eigenvalue weighted by Gasteiger charge is -2.36. The van der Waals surface area contributed by atoms with Crippen LogP contribution in [-0.4, -0.2) is 142 Å². The average molecular weight is 1150 g/mol. The fourth-order valence-electron chi connectivity index (χ4n) is 11.1. The summed E-state index contributed by atoms with van der Waals surface area (Å²) in [7, 11) is 0. The third-order valence-electron chi connectivity index (χ3n) is 15.0. The Kier molecular flexibility index (Phi) is 19.1. The van der Waals surface area contributed by atoms with Crippen molar-refractivity contribution in [1.29, 1.82) is 0 Å². The molecule has 8 N–H and O–H groups in total. The molecule has 1 aromatic carbocycles. The van der Waals surface area contributed by atoms with E-state index in [1.807, 2.05) is 12.1 Å². The molecule has 0 amide bonds. The highest BCUT2D eigenvalue weighted by Gasteiger charge is 2.29. The van der Waals surface area contributed by atoms with Gasteiger partial charge in [0.1, 0.15) is 74.1 Å². The van der Waals surface area contributed by atoms with E-state index in [1.54, 1.807) is 51.1 Å². The maximum absolute atomic E-state index is 12.7. The average Bonchev–Trinajstić information content (AvgIpc) is 3.62. The maximum Gasteiger partial charge on any atom is 0.354 e. The second kappa shape index (κ2) is 26.4. The van der Waals surface area contributed by atoms with Gasteiger partial charge in [-0.05, 0) is 121 Å². The van der Waals surface area contributed by atoms with Crippen LogP contribution in [0.4, 0.5) is 5.69 Å². The number of furan rings is 3. The first-order valence-electron chi connectivity index (χ1n) is 27.3. The molecule has 0 atom stereocenters. The van der Waals surface area contributed by atoms with Gasteiger partial charge in [0, 0.05) is 98.0 Å². The molecule has 84 heavy (non-hydrogen) atoms. The number of rotatable bonds is 23. The molecule has 0 spiro atoms. The van der Waals surface area contributed by atoms with Gasteiger partial charge in [0.25, 0.3) is 0 Å². The van der Waals surface area contributed by atoms with E-state index >= 15 is 0 Å². The van der Waals surface area contributed by atoms with Crippen LogP contribution >= 0.6 is 0 Å². The molecule has 0 bridgehead atoms. The number of benzene rings is 1. The summed E-state index contributed by atoms with van der Waals surface area (Å²) >= 11 is 0. The molecular weight excluding hydrogens is 1090 g/mol. The lowest BCUT2D eigenvalue weighted by molar-refractivity contribution is 0.0678. The fourth-order valence-corrected chi connectivity index (χ4v) is 11.1. The fraction of sp³-hybridized carbons (Fsp3) is 0.361. The number of unbranched alkanes of at least 4 members (excludes halogenated alkanes) is 3. The molecule has 1 saturated heterocycles. The van der Waals surface area contributed by atoms with Crippen LogP contribution in [0, 0.1) is 47.5 Å². The van der Waals surface area contributed by atoms with E-state index in [-0.39, 0.29) is 93.9 Å². The molecule has 1 aliphatic rings. The van der Waals surface area contributed by atoms with Crippen LogP contribution in [0.25, 0.3) is 34.0 Å². The van der Waals surface area contributed by atoms with Crippen LogP contribution in [0.3, 0.4) is 0 Å². The molecule has 8 rings (SSSR count). The zero-order valence-corrected chi connectivity index (χ0v) is 47.5. The minimum Gasteiger partial charge on any atom is -0.494 e. The van der Waals surface area contributed by atoms with Crippen molar-refractivity contribution in [3.8, 4) is 39.7 Å². The van der Waals surface area contributed by atoms with Crippen LogP contribution in [-0.2, 0) is 19.6 Å². The number of nitrogens with two attached hydrogens (primary N) is 1. The number of nitrogens with zero attached hydrogens (tertiary/aromatic N) is 6. The van der Waals surface area contributed by atoms with Crippen molar-refractivity contribution in [2.45, 2.75) is 93.3 Å². The van der Waals surface area contributed by atoms with Crippen LogP contribution in [0.5, 0.6) is 5.75 Å². The highest BCUT2D eigenvalue weighted by Crippen LogP contribution is 2.35. The summed E-state index contributed by atoms with van der Waals surface area (Å²) in [5.74, 6) is -5.88. The van der Waals surface area contributed by atoms with Gasteiger partial charge < -0.3 is 54.4 Å². The van der Waals surface area contributed by atoms with Crippen molar-refractivity contribution in [3.63, 3.8) is 0 Å². The molecular formula is C61H67N7O16. The summed E-state index contributed by atoms with van der Waals surface area (Å²) < 4.78 is 23.8. The van der Waals surface area contributed by atoms with Crippen molar-refractivity contribution < 1.29 is 77.4 Å². The van der Waals surface area contributed by atoms with Gasteiger partial charge in [-0.15, -0.1) is 0 Å². The lowest BCUT2D eigenvalue weighted by Crippen LogP contribution is -2.45. The Labute approximate surface area is 482 Å². The minimum absolute atomic E-state index is 0.0346. The van der Waals surface area contributed by atoms with Gasteiger partial charge in [0.15, 0.2) is 0 Å². The van der Waals surface area contributed by atoms with Crippen LogP contribution in [0.1, 0.15) is 146 Å². The van der Waals surface area contributed by atoms with Crippen molar-refractivity contribution in [2.24, 2.45) is 5.92 Å². The van der Waals surface area contributed by atoms with Gasteiger partial charge in [-0.25, -0.2) is 43.7 Å². The molecule has 0 radical (unpaired) electrons. The normalized spacial score (nSPS) is 13.9. The Bertz CT molecular complexity index is 3500. The van der Waals surface area contributed by atoms with Crippen LogP contribution in [0.2, 0.25) is 0 Å². The monoisotopic (exact) mass is 1150 g/mol. The predicted octanol–water partition coefficient (Wildman–Crippen LogP) is 9.74. The van der Waals surface area contributed by atoms with Crippen molar-refractivity contribution >= 4 is 41.5 Å². The number of aromatic carboxylic acids is 6. The van der Waals surface area contributed by atoms with Crippen molar-refractivity contribution in [3.05, 3.63) is 145 Å². The van der Waals surface area contributed by atoms with Gasteiger partial charge in [-0.1, -0.05) is 19.3 Å². The van der Waals surface area contributed by atoms with Crippen molar-refractivity contribution in [2.75, 3.05) is 51.6 Å². The number of carbonyl (C=O) groups is 6. The standard InChI is InChI=1S/C61H67N7O16/c1-32-50(59(75)76)35(4)82-53(32)39-21-43(63-47(24-39)56(69)70)29-66-16-18-67(30-44-22-40(25-48(64-44)57(71)72)54-33(2)51(60(77)78)36(5)83-54)27-38(11-9-7-8-10-20-81-46-14-12-42(62)13-15-46)28-68(19-17-66)31-45-23-41(26-49(65-45)58(73)74)55-34(3)52(61(79)80)37(6)84-55/h12-15,21-26,38H,7-11,16-20,27-31,62H2,1-6H3,(H,69,70)(H,71,72)(H,73,74)(H,75,76)(H,77,78)(H,79,80). The first-order valence-corrected chi connectivity index (χ1v) is 27.3. The number of aryl methyl sites for hydroxylation is 3. The molecule has 7 heterocycles. The van der Waals surface area contributed by atoms with E-state index in [2.05, 4.69) is 29.7 Å². The summed E-state index contributed by atoms with van der Waals surface area (Å²) in [6.45, 7) is 12.5. The maximum atomic E-state index is 12.7. The van der Waals surface area contributed by atoms with E-state index in [1.165, 1.54) is 39.0 Å². The molecule has 7 aromatic rings. The van der Waals surface area contributed by atoms with Gasteiger partial charge in [0.2, 0.25) is 0 Å². The first-order chi connectivity index (χ1) is 39.9. The molecule has 1 fully saturated rings. The summed E-state index contributed by atoms with van der Waals surface area (Å²) in [4.78, 5) is 94.9. The van der Waals surface area contributed by atoms with Crippen LogP contribution < -0.4 is 10.5 Å². The third kappa shape index (κ3) is 14.5. The molecule has 23 heteroatoms. The summed E-state index contributed by atoms with van der Waals surface area (Å²) in [6.07, 6.45) is 4.08. The first kappa shape index (κ1) is 60.9. The Morgan fingerprint density at radius 2 is 0.833 bits per heavy atom. The molecule has 0 unspecified atom stereocenters. The highest BCUT2D eigenvalue weighted by molar-refractivity contribution is 5.95. The molecule has 6 aromatic heterocycles.